The van der Waals surface area contributed by atoms with E-state index in [0.717, 1.165) is 11.3 Å². The van der Waals surface area contributed by atoms with E-state index in [-0.39, 0.29) is 16.3 Å². The number of carbonyl (C=O) groups excluding carboxylic acids is 2. The number of esters is 1. The highest BCUT2D eigenvalue weighted by atomic mass is 35.5. The largest absolute Gasteiger partial charge is 0.507 e. The predicted octanol–water partition coefficient (Wildman–Crippen LogP) is 2.57. The minimum Gasteiger partial charge on any atom is -0.507 e. The Morgan fingerprint density at radius 2 is 1.96 bits per heavy atom. The summed E-state index contributed by atoms with van der Waals surface area (Å²) < 4.78 is 10.1. The number of hydrogen-bond donors (Lipinski definition) is 2. The van der Waals surface area contributed by atoms with Crippen LogP contribution >= 0.6 is 11.6 Å². The molecule has 1 amide bonds. The first kappa shape index (κ1) is 18.6. The van der Waals surface area contributed by atoms with Gasteiger partial charge < -0.3 is 19.9 Å². The Bertz CT molecular complexity index is 763. The van der Waals surface area contributed by atoms with E-state index in [2.05, 4.69) is 5.32 Å². The quantitative estimate of drug-likeness (QED) is 0.738. The highest BCUT2D eigenvalue weighted by Crippen LogP contribution is 2.22. The molecule has 0 aromatic heterocycles. The first-order valence-electron chi connectivity index (χ1n) is 7.55. The monoisotopic (exact) mass is 363 g/mol. The second kappa shape index (κ2) is 8.94. The summed E-state index contributed by atoms with van der Waals surface area (Å²) in [4.78, 5) is 23.6. The fourth-order valence-electron chi connectivity index (χ4n) is 2.18. The summed E-state index contributed by atoms with van der Waals surface area (Å²) in [7, 11) is 1.59. The van der Waals surface area contributed by atoms with Crippen molar-refractivity contribution >= 4 is 23.5 Å². The number of amides is 1. The molecule has 0 aliphatic rings. The fraction of sp³-hybridized carbons (Fsp3) is 0.222. The molecule has 2 rings (SSSR count). The van der Waals surface area contributed by atoms with Crippen LogP contribution in [0.5, 0.6) is 11.5 Å². The van der Waals surface area contributed by atoms with Crippen molar-refractivity contribution in [2.45, 2.75) is 6.42 Å². The van der Waals surface area contributed by atoms with Crippen molar-refractivity contribution in [1.29, 1.82) is 0 Å². The maximum absolute atomic E-state index is 11.9. The van der Waals surface area contributed by atoms with E-state index in [9.17, 15) is 14.7 Å². The zero-order valence-corrected chi connectivity index (χ0v) is 14.4. The molecular weight excluding hydrogens is 346 g/mol. The predicted molar refractivity (Wildman–Crippen MR) is 93.1 cm³/mol. The number of para-hydroxylation sites is 1. The molecule has 132 valence electrons. The standard InChI is InChI=1S/C18H18ClNO5/c1-24-16-5-3-2-4-12(16)8-9-20-17(22)11-25-18(23)14-10-13(19)6-7-15(14)21/h2-7,10,21H,8-9,11H2,1H3,(H,20,22). The number of phenolic OH excluding ortho intramolecular Hbond substituents is 1. The third-order valence-electron chi connectivity index (χ3n) is 3.42. The Morgan fingerprint density at radius 3 is 2.72 bits per heavy atom. The van der Waals surface area contributed by atoms with Crippen LogP contribution in [0.2, 0.25) is 5.02 Å². The number of rotatable bonds is 7. The molecule has 0 radical (unpaired) electrons. The van der Waals surface area contributed by atoms with Gasteiger partial charge >= 0.3 is 5.97 Å². The molecule has 0 unspecified atom stereocenters. The van der Waals surface area contributed by atoms with Gasteiger partial charge in [-0.25, -0.2) is 4.79 Å². The molecular formula is C18H18ClNO5. The minimum atomic E-state index is -0.820. The Balaban J connectivity index is 1.79. The molecule has 0 fully saturated rings. The van der Waals surface area contributed by atoms with Gasteiger partial charge in [0, 0.05) is 11.6 Å². The van der Waals surface area contributed by atoms with E-state index in [1.807, 2.05) is 24.3 Å². The summed E-state index contributed by atoms with van der Waals surface area (Å²) in [6.45, 7) is -0.0735. The van der Waals surface area contributed by atoms with Gasteiger partial charge in [0.05, 0.1) is 7.11 Å². The minimum absolute atomic E-state index is 0.0886. The average molecular weight is 364 g/mol. The van der Waals surface area contributed by atoms with Gasteiger partial charge in [-0.3, -0.25) is 4.79 Å². The number of ether oxygens (including phenoxy) is 2. The number of methoxy groups -OCH3 is 1. The number of hydrogen-bond acceptors (Lipinski definition) is 5. The second-order valence-corrected chi connectivity index (χ2v) is 5.59. The smallest absolute Gasteiger partial charge is 0.342 e. The summed E-state index contributed by atoms with van der Waals surface area (Å²) in [5.74, 6) is -0.768. The third kappa shape index (κ3) is 5.39. The lowest BCUT2D eigenvalue weighted by Crippen LogP contribution is -2.30. The van der Waals surface area contributed by atoms with Gasteiger partial charge in [-0.15, -0.1) is 0 Å². The molecule has 2 N–H and O–H groups in total. The summed E-state index contributed by atoms with van der Waals surface area (Å²) in [6, 6.07) is 11.5. The normalized spacial score (nSPS) is 10.2. The van der Waals surface area contributed by atoms with E-state index in [0.29, 0.717) is 13.0 Å². The topological polar surface area (TPSA) is 84.9 Å². The molecule has 0 spiro atoms. The zero-order chi connectivity index (χ0) is 18.2. The molecule has 2 aromatic carbocycles. The van der Waals surface area contributed by atoms with Crippen LogP contribution in [-0.4, -0.2) is 37.2 Å². The van der Waals surface area contributed by atoms with Gasteiger partial charge in [-0.05, 0) is 36.2 Å². The van der Waals surface area contributed by atoms with Crippen molar-refractivity contribution < 1.29 is 24.2 Å². The molecule has 0 aliphatic carbocycles. The molecule has 0 bridgehead atoms. The third-order valence-corrected chi connectivity index (χ3v) is 3.66. The molecule has 6 nitrogen and oxygen atoms in total. The van der Waals surface area contributed by atoms with Crippen LogP contribution in [0.25, 0.3) is 0 Å². The Kier molecular flexibility index (Phi) is 6.65. The molecule has 7 heteroatoms. The van der Waals surface area contributed by atoms with Crippen LogP contribution in [0, 0.1) is 0 Å². The lowest BCUT2D eigenvalue weighted by Gasteiger charge is -2.10. The van der Waals surface area contributed by atoms with Gasteiger partial charge in [0.15, 0.2) is 6.61 Å². The van der Waals surface area contributed by atoms with Crippen LogP contribution in [0.1, 0.15) is 15.9 Å². The number of benzene rings is 2. The van der Waals surface area contributed by atoms with E-state index in [4.69, 9.17) is 21.1 Å². The van der Waals surface area contributed by atoms with Crippen molar-refractivity contribution in [3.63, 3.8) is 0 Å². The molecule has 25 heavy (non-hydrogen) atoms. The van der Waals surface area contributed by atoms with Crippen LogP contribution in [0.15, 0.2) is 42.5 Å². The van der Waals surface area contributed by atoms with Gasteiger partial charge in [-0.2, -0.15) is 0 Å². The van der Waals surface area contributed by atoms with Crippen LogP contribution in [-0.2, 0) is 16.0 Å². The Hall–Kier alpha value is -2.73. The van der Waals surface area contributed by atoms with Crippen LogP contribution < -0.4 is 10.1 Å². The number of aromatic hydroxyl groups is 1. The summed E-state index contributed by atoms with van der Waals surface area (Å²) in [5.41, 5.74) is 0.875. The molecule has 0 saturated heterocycles. The number of nitrogens with one attached hydrogen (secondary N) is 1. The summed E-state index contributed by atoms with van der Waals surface area (Å²) >= 11 is 5.77. The van der Waals surface area contributed by atoms with Gasteiger partial charge in [-0.1, -0.05) is 29.8 Å². The molecule has 2 aromatic rings. The van der Waals surface area contributed by atoms with E-state index in [1.54, 1.807) is 7.11 Å². The second-order valence-electron chi connectivity index (χ2n) is 5.15. The number of phenols is 1. The van der Waals surface area contributed by atoms with E-state index in [1.165, 1.54) is 18.2 Å². The van der Waals surface area contributed by atoms with Crippen molar-refractivity contribution in [2.75, 3.05) is 20.3 Å². The highest BCUT2D eigenvalue weighted by molar-refractivity contribution is 6.31. The molecule has 0 saturated carbocycles. The van der Waals surface area contributed by atoms with Gasteiger partial charge in [0.2, 0.25) is 0 Å². The van der Waals surface area contributed by atoms with Crippen molar-refractivity contribution in [3.8, 4) is 11.5 Å². The van der Waals surface area contributed by atoms with Crippen molar-refractivity contribution in [3.05, 3.63) is 58.6 Å². The van der Waals surface area contributed by atoms with Crippen molar-refractivity contribution in [1.82, 2.24) is 5.32 Å². The lowest BCUT2D eigenvalue weighted by molar-refractivity contribution is -0.124. The first-order valence-corrected chi connectivity index (χ1v) is 7.93. The lowest BCUT2D eigenvalue weighted by atomic mass is 10.1. The molecule has 0 atom stereocenters. The Morgan fingerprint density at radius 1 is 1.20 bits per heavy atom. The maximum Gasteiger partial charge on any atom is 0.342 e. The van der Waals surface area contributed by atoms with E-state index >= 15 is 0 Å². The molecule has 0 heterocycles. The van der Waals surface area contributed by atoms with E-state index < -0.39 is 18.5 Å². The SMILES string of the molecule is COc1ccccc1CCNC(=O)COC(=O)c1cc(Cl)ccc1O. The van der Waals surface area contributed by atoms with Crippen LogP contribution in [0.4, 0.5) is 0 Å². The number of halogens is 1. The van der Waals surface area contributed by atoms with Gasteiger partial charge in [0.25, 0.3) is 5.91 Å². The summed E-state index contributed by atoms with van der Waals surface area (Å²) in [5, 5.41) is 12.6. The first-order chi connectivity index (χ1) is 12.0. The molecule has 0 aliphatic heterocycles. The average Bonchev–Trinajstić information content (AvgIpc) is 2.62. The zero-order valence-electron chi connectivity index (χ0n) is 13.6. The fourth-order valence-corrected chi connectivity index (χ4v) is 2.35. The maximum atomic E-state index is 11.9. The van der Waals surface area contributed by atoms with Gasteiger partial charge in [0.1, 0.15) is 17.1 Å². The van der Waals surface area contributed by atoms with Crippen LogP contribution in [0.3, 0.4) is 0 Å². The summed E-state index contributed by atoms with van der Waals surface area (Å²) in [6.07, 6.45) is 0.582. The Labute approximate surface area is 150 Å². The highest BCUT2D eigenvalue weighted by Gasteiger charge is 2.15. The van der Waals surface area contributed by atoms with Crippen molar-refractivity contribution in [2.24, 2.45) is 0 Å². The number of carbonyl (C=O) groups is 2.